The summed E-state index contributed by atoms with van der Waals surface area (Å²) in [6.45, 7) is 0. The molecule has 0 radical (unpaired) electrons. The summed E-state index contributed by atoms with van der Waals surface area (Å²) < 4.78 is 1.75. The molecule has 1 aliphatic rings. The van der Waals surface area contributed by atoms with Crippen molar-refractivity contribution in [3.05, 3.63) is 53.2 Å². The van der Waals surface area contributed by atoms with Crippen LogP contribution in [-0.2, 0) is 6.42 Å². The molecule has 3 N–H and O–H groups in total. The van der Waals surface area contributed by atoms with Gasteiger partial charge >= 0.3 is 0 Å². The van der Waals surface area contributed by atoms with Crippen LogP contribution in [0.25, 0.3) is 11.2 Å². The zero-order valence-corrected chi connectivity index (χ0v) is 16.4. The summed E-state index contributed by atoms with van der Waals surface area (Å²) in [4.78, 5) is 12.9. The second-order valence-corrected chi connectivity index (χ2v) is 7.84. The molecule has 1 unspecified atom stereocenters. The average Bonchev–Trinajstić information content (AvgIpc) is 3.25. The molecule has 1 aliphatic carbocycles. The van der Waals surface area contributed by atoms with E-state index in [0.717, 1.165) is 5.69 Å². The highest BCUT2D eigenvalue weighted by Crippen LogP contribution is 2.43. The minimum absolute atomic E-state index is 0.367. The lowest BCUT2D eigenvalue weighted by Crippen LogP contribution is -2.31. The molecule has 0 amide bonds. The molecule has 0 spiro atoms. The van der Waals surface area contributed by atoms with Gasteiger partial charge in [0.25, 0.3) is 0 Å². The molecule has 9 heteroatoms. The molecule has 148 valence electrons. The zero-order valence-electron chi connectivity index (χ0n) is 14.9. The van der Waals surface area contributed by atoms with E-state index in [1.165, 1.54) is 6.33 Å². The van der Waals surface area contributed by atoms with Crippen LogP contribution in [0.1, 0.15) is 29.8 Å². The van der Waals surface area contributed by atoms with Gasteiger partial charge in [-0.25, -0.2) is 15.0 Å². The fraction of sp³-hybridized carbons (Fsp3) is 0.421. The summed E-state index contributed by atoms with van der Waals surface area (Å²) in [5.41, 5.74) is 2.59. The van der Waals surface area contributed by atoms with Crippen molar-refractivity contribution >= 4 is 34.4 Å². The standard InChI is InChI=1S/C19H20Cl2N4O3/c20-6-5-13-15-19(23-8-22-13)25(9-24-15)14-7-12(17(27)18(14)28)16(26)10-1-3-11(21)4-2-10/h1-4,8-9,12,14,16-18,26-28H,5-7H2/t12-,14-,16?,17-,18+/m1/s1. The highest BCUT2D eigenvalue weighted by Gasteiger charge is 2.46. The van der Waals surface area contributed by atoms with Crippen molar-refractivity contribution in [2.75, 3.05) is 5.88 Å². The zero-order chi connectivity index (χ0) is 19.8. The lowest BCUT2D eigenvalue weighted by Gasteiger charge is -2.22. The highest BCUT2D eigenvalue weighted by molar-refractivity contribution is 6.30. The Morgan fingerprint density at radius 1 is 1.11 bits per heavy atom. The molecule has 0 saturated heterocycles. The maximum absolute atomic E-state index is 10.8. The van der Waals surface area contributed by atoms with E-state index in [0.29, 0.717) is 40.5 Å². The normalized spacial score (nSPS) is 26.0. The van der Waals surface area contributed by atoms with Gasteiger partial charge in [-0.3, -0.25) is 0 Å². The van der Waals surface area contributed by atoms with Crippen molar-refractivity contribution in [1.29, 1.82) is 0 Å². The van der Waals surface area contributed by atoms with Gasteiger partial charge in [0.15, 0.2) is 5.65 Å². The Hall–Kier alpha value is -1.77. The molecule has 5 atom stereocenters. The second-order valence-electron chi connectivity index (χ2n) is 7.03. The van der Waals surface area contributed by atoms with Gasteiger partial charge in [0.1, 0.15) is 17.9 Å². The van der Waals surface area contributed by atoms with Crippen molar-refractivity contribution < 1.29 is 15.3 Å². The van der Waals surface area contributed by atoms with Crippen LogP contribution >= 0.6 is 23.2 Å². The van der Waals surface area contributed by atoms with Gasteiger partial charge in [-0.15, -0.1) is 11.6 Å². The summed E-state index contributed by atoms with van der Waals surface area (Å²) >= 11 is 11.7. The Morgan fingerprint density at radius 2 is 1.86 bits per heavy atom. The summed E-state index contributed by atoms with van der Waals surface area (Å²) in [6, 6.07) is 6.35. The smallest absolute Gasteiger partial charge is 0.163 e. The summed E-state index contributed by atoms with van der Waals surface area (Å²) in [5, 5.41) is 32.6. The SMILES string of the molecule is OC(c1ccc(Cl)cc1)[C@H]1C[C@@H](n2cnc3c(CCCl)ncnc32)[C@H](O)[C@@H]1O. The number of aryl methyl sites for hydroxylation is 1. The van der Waals surface area contributed by atoms with Crippen LogP contribution in [0.3, 0.4) is 0 Å². The van der Waals surface area contributed by atoms with Gasteiger partial charge in [-0.05, 0) is 24.1 Å². The molecular weight excluding hydrogens is 403 g/mol. The average molecular weight is 423 g/mol. The van der Waals surface area contributed by atoms with Crippen molar-refractivity contribution in [1.82, 2.24) is 19.5 Å². The molecular formula is C19H20Cl2N4O3. The van der Waals surface area contributed by atoms with Crippen LogP contribution in [0.5, 0.6) is 0 Å². The molecule has 2 aromatic heterocycles. The number of benzene rings is 1. The van der Waals surface area contributed by atoms with Crippen LogP contribution < -0.4 is 0 Å². The lowest BCUT2D eigenvalue weighted by molar-refractivity contribution is -0.0264. The monoisotopic (exact) mass is 422 g/mol. The number of nitrogens with zero attached hydrogens (tertiary/aromatic N) is 4. The van der Waals surface area contributed by atoms with E-state index < -0.39 is 30.3 Å². The van der Waals surface area contributed by atoms with Gasteiger partial charge in [-0.1, -0.05) is 23.7 Å². The summed E-state index contributed by atoms with van der Waals surface area (Å²) in [5.74, 6) is -0.123. The molecule has 28 heavy (non-hydrogen) atoms. The Labute approximate surface area is 171 Å². The summed E-state index contributed by atoms with van der Waals surface area (Å²) in [6.07, 6.45) is 0.892. The number of aliphatic hydroxyl groups is 3. The number of fused-ring (bicyclic) bond motifs is 1. The molecule has 1 saturated carbocycles. The van der Waals surface area contributed by atoms with E-state index in [1.807, 2.05) is 0 Å². The Morgan fingerprint density at radius 3 is 2.57 bits per heavy atom. The predicted molar refractivity (Wildman–Crippen MR) is 105 cm³/mol. The first kappa shape index (κ1) is 19.5. The lowest BCUT2D eigenvalue weighted by atomic mass is 9.92. The van der Waals surface area contributed by atoms with Crippen LogP contribution in [0.15, 0.2) is 36.9 Å². The second kappa shape index (κ2) is 7.93. The van der Waals surface area contributed by atoms with E-state index in [2.05, 4.69) is 15.0 Å². The number of alkyl halides is 1. The summed E-state index contributed by atoms with van der Waals surface area (Å²) in [7, 11) is 0. The number of hydrogen-bond acceptors (Lipinski definition) is 6. The fourth-order valence-electron chi connectivity index (χ4n) is 3.96. The number of rotatable bonds is 5. The first-order chi connectivity index (χ1) is 13.5. The van der Waals surface area contributed by atoms with E-state index in [-0.39, 0.29) is 0 Å². The maximum atomic E-state index is 10.8. The Bertz CT molecular complexity index is 965. The first-order valence-electron chi connectivity index (χ1n) is 9.03. The molecule has 2 heterocycles. The maximum Gasteiger partial charge on any atom is 0.163 e. The number of halogens is 2. The Balaban J connectivity index is 1.64. The molecule has 0 bridgehead atoms. The van der Waals surface area contributed by atoms with Gasteiger partial charge in [-0.2, -0.15) is 0 Å². The fourth-order valence-corrected chi connectivity index (χ4v) is 4.26. The molecule has 1 aromatic carbocycles. The van der Waals surface area contributed by atoms with E-state index in [1.54, 1.807) is 35.2 Å². The van der Waals surface area contributed by atoms with Crippen molar-refractivity contribution in [3.8, 4) is 0 Å². The van der Waals surface area contributed by atoms with Crippen LogP contribution in [0, 0.1) is 5.92 Å². The minimum Gasteiger partial charge on any atom is -0.390 e. The van der Waals surface area contributed by atoms with Crippen molar-refractivity contribution in [3.63, 3.8) is 0 Å². The number of aromatic nitrogens is 4. The van der Waals surface area contributed by atoms with Crippen molar-refractivity contribution in [2.45, 2.75) is 37.2 Å². The third kappa shape index (κ3) is 3.38. The number of hydrogen-bond donors (Lipinski definition) is 3. The van der Waals surface area contributed by atoms with Crippen LogP contribution in [-0.4, -0.2) is 52.9 Å². The molecule has 4 rings (SSSR count). The quantitative estimate of drug-likeness (QED) is 0.544. The highest BCUT2D eigenvalue weighted by atomic mass is 35.5. The topological polar surface area (TPSA) is 104 Å². The third-order valence-electron chi connectivity index (χ3n) is 5.44. The minimum atomic E-state index is -1.09. The largest absolute Gasteiger partial charge is 0.390 e. The van der Waals surface area contributed by atoms with Gasteiger partial charge in [0.2, 0.25) is 0 Å². The third-order valence-corrected chi connectivity index (χ3v) is 5.88. The van der Waals surface area contributed by atoms with Crippen LogP contribution in [0.2, 0.25) is 5.02 Å². The molecule has 7 nitrogen and oxygen atoms in total. The van der Waals surface area contributed by atoms with Crippen molar-refractivity contribution in [2.24, 2.45) is 5.92 Å². The first-order valence-corrected chi connectivity index (χ1v) is 9.94. The molecule has 1 fully saturated rings. The van der Waals surface area contributed by atoms with Crippen LogP contribution in [0.4, 0.5) is 0 Å². The van der Waals surface area contributed by atoms with E-state index in [4.69, 9.17) is 23.2 Å². The molecule has 0 aliphatic heterocycles. The Kier molecular flexibility index (Phi) is 5.53. The van der Waals surface area contributed by atoms with Gasteiger partial charge in [0.05, 0.1) is 30.3 Å². The van der Waals surface area contributed by atoms with E-state index in [9.17, 15) is 15.3 Å². The van der Waals surface area contributed by atoms with Gasteiger partial charge < -0.3 is 19.9 Å². The predicted octanol–water partition coefficient (Wildman–Crippen LogP) is 2.28. The van der Waals surface area contributed by atoms with Gasteiger partial charge in [0, 0.05) is 23.2 Å². The van der Waals surface area contributed by atoms with E-state index >= 15 is 0 Å². The molecule has 3 aromatic rings. The number of aliphatic hydroxyl groups excluding tert-OH is 3. The number of imidazole rings is 1.